The molecule has 1 unspecified atom stereocenters. The Labute approximate surface area is 127 Å². The molecule has 0 fully saturated rings. The summed E-state index contributed by atoms with van der Waals surface area (Å²) in [5.74, 6) is 0.851. The lowest BCUT2D eigenvalue weighted by molar-refractivity contribution is 0.190. The largest absolute Gasteiger partial charge is 0.383 e. The van der Waals surface area contributed by atoms with E-state index in [0.29, 0.717) is 6.61 Å². The fourth-order valence-electron chi connectivity index (χ4n) is 1.93. The highest BCUT2D eigenvalue weighted by Crippen LogP contribution is 2.19. The monoisotopic (exact) mass is 371 g/mol. The van der Waals surface area contributed by atoms with Crippen molar-refractivity contribution in [2.45, 2.75) is 19.9 Å². The molecule has 0 spiro atoms. The molecule has 0 bridgehead atoms. The molecule has 0 aliphatic carbocycles. The van der Waals surface area contributed by atoms with Crippen LogP contribution in [0.15, 0.2) is 30.5 Å². The van der Waals surface area contributed by atoms with Crippen LogP contribution in [0.25, 0.3) is 5.69 Å². The molecule has 0 saturated heterocycles. The van der Waals surface area contributed by atoms with Gasteiger partial charge in [0.05, 0.1) is 12.3 Å². The van der Waals surface area contributed by atoms with Crippen LogP contribution in [0.5, 0.6) is 0 Å². The molecule has 4 nitrogen and oxygen atoms in total. The Morgan fingerprint density at radius 3 is 2.95 bits per heavy atom. The number of hydrogen-bond acceptors (Lipinski definition) is 3. The van der Waals surface area contributed by atoms with Gasteiger partial charge in [-0.1, -0.05) is 6.07 Å². The summed E-state index contributed by atoms with van der Waals surface area (Å²) in [6.07, 6.45) is 2.03. The highest BCUT2D eigenvalue weighted by molar-refractivity contribution is 14.1. The first-order valence-corrected chi connectivity index (χ1v) is 7.25. The molecule has 5 heteroatoms. The van der Waals surface area contributed by atoms with Gasteiger partial charge < -0.3 is 10.1 Å². The number of aryl methyl sites for hydroxylation is 1. The summed E-state index contributed by atoms with van der Waals surface area (Å²) in [4.78, 5) is 4.53. The van der Waals surface area contributed by atoms with Gasteiger partial charge in [-0.25, -0.2) is 4.98 Å². The van der Waals surface area contributed by atoms with Gasteiger partial charge >= 0.3 is 0 Å². The van der Waals surface area contributed by atoms with Crippen molar-refractivity contribution in [1.82, 2.24) is 9.55 Å². The van der Waals surface area contributed by atoms with E-state index in [-0.39, 0.29) is 6.04 Å². The van der Waals surface area contributed by atoms with E-state index in [9.17, 15) is 0 Å². The molecule has 1 aromatic heterocycles. The summed E-state index contributed by atoms with van der Waals surface area (Å²) in [6.45, 7) is 4.72. The van der Waals surface area contributed by atoms with Crippen LogP contribution in [-0.4, -0.2) is 29.3 Å². The quantitative estimate of drug-likeness (QED) is 0.821. The lowest BCUT2D eigenvalue weighted by Gasteiger charge is -2.15. The fourth-order valence-corrected chi connectivity index (χ4v) is 2.46. The summed E-state index contributed by atoms with van der Waals surface area (Å²) in [5.41, 5.74) is 2.10. The van der Waals surface area contributed by atoms with Crippen LogP contribution >= 0.6 is 22.6 Å². The van der Waals surface area contributed by atoms with Gasteiger partial charge in [0, 0.05) is 28.6 Å². The van der Waals surface area contributed by atoms with Crippen molar-refractivity contribution in [2.24, 2.45) is 0 Å². The van der Waals surface area contributed by atoms with E-state index < -0.39 is 0 Å². The van der Waals surface area contributed by atoms with E-state index in [1.165, 1.54) is 3.57 Å². The third-order valence-electron chi connectivity index (χ3n) is 2.70. The second-order valence-electron chi connectivity index (χ2n) is 4.56. The van der Waals surface area contributed by atoms with E-state index in [1.54, 1.807) is 7.11 Å². The van der Waals surface area contributed by atoms with E-state index in [0.717, 1.165) is 17.3 Å². The minimum absolute atomic E-state index is 0.216. The van der Waals surface area contributed by atoms with E-state index in [2.05, 4.69) is 68.6 Å². The van der Waals surface area contributed by atoms with Crippen LogP contribution in [0.2, 0.25) is 0 Å². The number of imidazole rings is 1. The molecule has 0 saturated carbocycles. The molecule has 1 atom stereocenters. The maximum absolute atomic E-state index is 5.15. The fraction of sp³-hybridized carbons (Fsp3) is 0.357. The first-order chi connectivity index (χ1) is 9.10. The minimum Gasteiger partial charge on any atom is -0.383 e. The predicted octanol–water partition coefficient (Wildman–Crippen LogP) is 3.23. The summed E-state index contributed by atoms with van der Waals surface area (Å²) in [7, 11) is 1.70. The van der Waals surface area contributed by atoms with Crippen LogP contribution in [0, 0.1) is 10.5 Å². The van der Waals surface area contributed by atoms with Gasteiger partial charge in [0.2, 0.25) is 5.95 Å². The summed E-state index contributed by atoms with van der Waals surface area (Å²) in [5, 5.41) is 3.37. The Morgan fingerprint density at radius 1 is 1.47 bits per heavy atom. The predicted molar refractivity (Wildman–Crippen MR) is 86.0 cm³/mol. The maximum atomic E-state index is 5.15. The number of halogens is 1. The van der Waals surface area contributed by atoms with Crippen molar-refractivity contribution >= 4 is 28.5 Å². The Hall–Kier alpha value is -1.08. The van der Waals surface area contributed by atoms with Crippen molar-refractivity contribution in [3.8, 4) is 5.69 Å². The molecular weight excluding hydrogens is 353 g/mol. The zero-order chi connectivity index (χ0) is 13.8. The van der Waals surface area contributed by atoms with Gasteiger partial charge in [-0.3, -0.25) is 4.57 Å². The van der Waals surface area contributed by atoms with Crippen molar-refractivity contribution in [3.05, 3.63) is 39.7 Å². The van der Waals surface area contributed by atoms with Crippen molar-refractivity contribution < 1.29 is 4.74 Å². The lowest BCUT2D eigenvalue weighted by Crippen LogP contribution is -2.22. The SMILES string of the molecule is COCC(C)Nc1nc(C)cn1-c1cccc(I)c1. The molecule has 0 aliphatic heterocycles. The standard InChI is InChI=1S/C14H18IN3O/c1-10-8-18(13-6-4-5-12(15)7-13)14(16-10)17-11(2)9-19-3/h4-8,11H,9H2,1-3H3,(H,16,17). The highest BCUT2D eigenvalue weighted by atomic mass is 127. The van der Waals surface area contributed by atoms with Crippen LogP contribution in [0.3, 0.4) is 0 Å². The second-order valence-corrected chi connectivity index (χ2v) is 5.80. The molecule has 1 aromatic carbocycles. The average Bonchev–Trinajstić information content (AvgIpc) is 2.70. The number of benzene rings is 1. The van der Waals surface area contributed by atoms with Crippen LogP contribution < -0.4 is 5.32 Å². The Balaban J connectivity index is 2.30. The summed E-state index contributed by atoms with van der Waals surface area (Å²) >= 11 is 2.32. The summed E-state index contributed by atoms with van der Waals surface area (Å²) < 4.78 is 8.43. The van der Waals surface area contributed by atoms with Crippen LogP contribution in [0.1, 0.15) is 12.6 Å². The number of ether oxygens (including phenoxy) is 1. The maximum Gasteiger partial charge on any atom is 0.208 e. The van der Waals surface area contributed by atoms with Gasteiger partial charge in [-0.2, -0.15) is 0 Å². The smallest absolute Gasteiger partial charge is 0.208 e. The Kier molecular flexibility index (Phi) is 4.81. The van der Waals surface area contributed by atoms with Crippen molar-refractivity contribution in [2.75, 3.05) is 19.0 Å². The normalized spacial score (nSPS) is 12.4. The zero-order valence-corrected chi connectivity index (χ0v) is 13.5. The van der Waals surface area contributed by atoms with Gasteiger partial charge in [0.25, 0.3) is 0 Å². The molecule has 0 aliphatic rings. The van der Waals surface area contributed by atoms with E-state index >= 15 is 0 Å². The van der Waals surface area contributed by atoms with E-state index in [4.69, 9.17) is 4.74 Å². The Morgan fingerprint density at radius 2 is 2.26 bits per heavy atom. The molecule has 2 rings (SSSR count). The molecule has 1 heterocycles. The van der Waals surface area contributed by atoms with Gasteiger partial charge in [0.15, 0.2) is 0 Å². The third kappa shape index (κ3) is 3.70. The highest BCUT2D eigenvalue weighted by Gasteiger charge is 2.10. The van der Waals surface area contributed by atoms with Gasteiger partial charge in [-0.05, 0) is 54.6 Å². The molecule has 102 valence electrons. The zero-order valence-electron chi connectivity index (χ0n) is 11.4. The average molecular weight is 371 g/mol. The topological polar surface area (TPSA) is 39.1 Å². The molecule has 0 radical (unpaired) electrons. The lowest BCUT2D eigenvalue weighted by atomic mass is 10.3. The van der Waals surface area contributed by atoms with Gasteiger partial charge in [-0.15, -0.1) is 0 Å². The molecule has 1 N–H and O–H groups in total. The Bertz CT molecular complexity index is 553. The first-order valence-electron chi connectivity index (χ1n) is 6.17. The number of hydrogen-bond donors (Lipinski definition) is 1. The number of nitrogens with one attached hydrogen (secondary N) is 1. The molecule has 2 aromatic rings. The molecular formula is C14H18IN3O. The molecule has 19 heavy (non-hydrogen) atoms. The van der Waals surface area contributed by atoms with Crippen LogP contribution in [-0.2, 0) is 4.74 Å². The first kappa shape index (κ1) is 14.3. The number of rotatable bonds is 5. The number of methoxy groups -OCH3 is 1. The second kappa shape index (κ2) is 6.38. The van der Waals surface area contributed by atoms with E-state index in [1.807, 2.05) is 13.1 Å². The number of nitrogens with zero attached hydrogens (tertiary/aromatic N) is 2. The third-order valence-corrected chi connectivity index (χ3v) is 3.38. The number of aromatic nitrogens is 2. The van der Waals surface area contributed by atoms with Crippen molar-refractivity contribution in [3.63, 3.8) is 0 Å². The van der Waals surface area contributed by atoms with Crippen LogP contribution in [0.4, 0.5) is 5.95 Å². The minimum atomic E-state index is 0.216. The van der Waals surface area contributed by atoms with Crippen molar-refractivity contribution in [1.29, 1.82) is 0 Å². The molecule has 0 amide bonds. The number of anilines is 1. The van der Waals surface area contributed by atoms with Gasteiger partial charge in [0.1, 0.15) is 0 Å². The summed E-state index contributed by atoms with van der Waals surface area (Å²) in [6, 6.07) is 8.56.